The van der Waals surface area contributed by atoms with Gasteiger partial charge in [0.2, 0.25) is 6.41 Å². The minimum Gasteiger partial charge on any atom is -0.495 e. The third-order valence-electron chi connectivity index (χ3n) is 2.00. The second kappa shape index (κ2) is 9.47. The van der Waals surface area contributed by atoms with E-state index in [4.69, 9.17) is 16.2 Å². The summed E-state index contributed by atoms with van der Waals surface area (Å²) >= 11 is 0. The first-order valence-electron chi connectivity index (χ1n) is 5.43. The molecular formula is C12H21N3O2. The average Bonchev–Trinajstić information content (AvgIpc) is 2.34. The number of nitrogens with one attached hydrogen (secondary N) is 1. The Bertz CT molecular complexity index is 330. The molecule has 5 heteroatoms. The predicted molar refractivity (Wildman–Crippen MR) is 69.9 cm³/mol. The first kappa shape index (κ1) is 15.2. The van der Waals surface area contributed by atoms with Crippen molar-refractivity contribution in [3.8, 4) is 5.75 Å². The third kappa shape index (κ3) is 7.19. The highest BCUT2D eigenvalue weighted by molar-refractivity contribution is 5.53. The van der Waals surface area contributed by atoms with E-state index in [-0.39, 0.29) is 0 Å². The van der Waals surface area contributed by atoms with Crippen LogP contribution in [0.1, 0.15) is 12.0 Å². The monoisotopic (exact) mass is 239 g/mol. The Kier molecular flexibility index (Phi) is 8.50. The van der Waals surface area contributed by atoms with Gasteiger partial charge in [-0.3, -0.25) is 4.79 Å². The molecule has 0 aliphatic carbocycles. The van der Waals surface area contributed by atoms with Crippen LogP contribution in [0.3, 0.4) is 0 Å². The molecule has 0 atom stereocenters. The van der Waals surface area contributed by atoms with E-state index in [1.54, 1.807) is 7.11 Å². The van der Waals surface area contributed by atoms with E-state index in [0.717, 1.165) is 17.7 Å². The zero-order valence-corrected chi connectivity index (χ0v) is 10.4. The van der Waals surface area contributed by atoms with E-state index in [1.165, 1.54) is 0 Å². The van der Waals surface area contributed by atoms with Gasteiger partial charge in [0.25, 0.3) is 0 Å². The molecule has 0 radical (unpaired) electrons. The van der Waals surface area contributed by atoms with Gasteiger partial charge in [0, 0.05) is 6.54 Å². The molecular weight excluding hydrogens is 218 g/mol. The summed E-state index contributed by atoms with van der Waals surface area (Å²) < 4.78 is 5.00. The number of carbonyl (C=O) groups is 1. The highest BCUT2D eigenvalue weighted by Crippen LogP contribution is 2.21. The number of nitrogens with two attached hydrogens (primary N) is 2. The maximum Gasteiger partial charge on any atom is 0.207 e. The molecule has 1 rings (SSSR count). The fourth-order valence-electron chi connectivity index (χ4n) is 1.08. The summed E-state index contributed by atoms with van der Waals surface area (Å²) in [6.07, 6.45) is 1.54. The Morgan fingerprint density at radius 1 is 1.47 bits per heavy atom. The number of hydrogen-bond donors (Lipinski definition) is 3. The third-order valence-corrected chi connectivity index (χ3v) is 2.00. The number of rotatable bonds is 5. The van der Waals surface area contributed by atoms with Crippen molar-refractivity contribution in [3.05, 3.63) is 23.8 Å². The zero-order chi connectivity index (χ0) is 13.1. The number of anilines is 1. The van der Waals surface area contributed by atoms with Crippen molar-refractivity contribution in [2.45, 2.75) is 13.3 Å². The van der Waals surface area contributed by atoms with Crippen molar-refractivity contribution in [2.24, 2.45) is 5.73 Å². The van der Waals surface area contributed by atoms with Crippen LogP contribution in [-0.4, -0.2) is 26.6 Å². The number of nitrogen functional groups attached to an aromatic ring is 1. The SMILES string of the molecule is COc1cc(C)ccc1N.NCCCNC=O. The van der Waals surface area contributed by atoms with E-state index < -0.39 is 0 Å². The molecule has 1 amide bonds. The second-order valence-electron chi connectivity index (χ2n) is 3.46. The summed E-state index contributed by atoms with van der Waals surface area (Å²) in [7, 11) is 1.62. The Morgan fingerprint density at radius 2 is 2.18 bits per heavy atom. The number of ether oxygens (including phenoxy) is 1. The van der Waals surface area contributed by atoms with Gasteiger partial charge in [-0.2, -0.15) is 0 Å². The molecule has 1 aromatic carbocycles. The maximum atomic E-state index is 9.53. The van der Waals surface area contributed by atoms with Gasteiger partial charge < -0.3 is 21.5 Å². The lowest BCUT2D eigenvalue weighted by Crippen LogP contribution is -2.15. The molecule has 5 N–H and O–H groups in total. The average molecular weight is 239 g/mol. The second-order valence-corrected chi connectivity index (χ2v) is 3.46. The number of methoxy groups -OCH3 is 1. The van der Waals surface area contributed by atoms with Crippen molar-refractivity contribution in [2.75, 3.05) is 25.9 Å². The lowest BCUT2D eigenvalue weighted by molar-refractivity contribution is -0.109. The van der Waals surface area contributed by atoms with Gasteiger partial charge in [-0.15, -0.1) is 0 Å². The summed E-state index contributed by atoms with van der Waals surface area (Å²) in [6, 6.07) is 5.71. The van der Waals surface area contributed by atoms with Crippen molar-refractivity contribution in [3.63, 3.8) is 0 Å². The van der Waals surface area contributed by atoms with Crippen molar-refractivity contribution in [1.82, 2.24) is 5.32 Å². The smallest absolute Gasteiger partial charge is 0.207 e. The van der Waals surface area contributed by atoms with Gasteiger partial charge in [0.05, 0.1) is 12.8 Å². The van der Waals surface area contributed by atoms with E-state index in [2.05, 4.69) is 5.32 Å². The molecule has 96 valence electrons. The largest absolute Gasteiger partial charge is 0.495 e. The number of aryl methyl sites for hydroxylation is 1. The van der Waals surface area contributed by atoms with Crippen LogP contribution < -0.4 is 21.5 Å². The van der Waals surface area contributed by atoms with Crippen LogP contribution in [0, 0.1) is 6.92 Å². The molecule has 5 nitrogen and oxygen atoms in total. The van der Waals surface area contributed by atoms with Gasteiger partial charge >= 0.3 is 0 Å². The summed E-state index contributed by atoms with van der Waals surface area (Å²) in [5.74, 6) is 0.750. The van der Waals surface area contributed by atoms with Crippen LogP contribution in [0.5, 0.6) is 5.75 Å². The lowest BCUT2D eigenvalue weighted by Gasteiger charge is -2.03. The van der Waals surface area contributed by atoms with Gasteiger partial charge in [-0.25, -0.2) is 0 Å². The van der Waals surface area contributed by atoms with Crippen LogP contribution in [0.15, 0.2) is 18.2 Å². The molecule has 0 bridgehead atoms. The van der Waals surface area contributed by atoms with E-state index in [0.29, 0.717) is 25.2 Å². The van der Waals surface area contributed by atoms with Crippen molar-refractivity contribution in [1.29, 1.82) is 0 Å². The quantitative estimate of drug-likeness (QED) is 0.400. The predicted octanol–water partition coefficient (Wildman–Crippen LogP) is 0.667. The molecule has 0 aliphatic rings. The molecule has 0 fully saturated rings. The van der Waals surface area contributed by atoms with Gasteiger partial charge in [-0.05, 0) is 37.6 Å². The summed E-state index contributed by atoms with van der Waals surface area (Å²) in [5.41, 5.74) is 12.5. The minimum atomic E-state index is 0.640. The molecule has 0 saturated carbocycles. The fraction of sp³-hybridized carbons (Fsp3) is 0.417. The van der Waals surface area contributed by atoms with Crippen LogP contribution in [-0.2, 0) is 4.79 Å². The minimum absolute atomic E-state index is 0.640. The molecule has 17 heavy (non-hydrogen) atoms. The first-order valence-corrected chi connectivity index (χ1v) is 5.43. The standard InChI is InChI=1S/C8H11NO.C4H10N2O/c1-6-3-4-7(9)8(5-6)10-2;5-2-1-3-6-4-7/h3-5H,9H2,1-2H3;4H,1-3,5H2,(H,6,7). The normalized spacial score (nSPS) is 8.88. The van der Waals surface area contributed by atoms with Crippen LogP contribution in [0.25, 0.3) is 0 Å². The molecule has 0 aliphatic heterocycles. The molecule has 0 spiro atoms. The Morgan fingerprint density at radius 3 is 2.65 bits per heavy atom. The van der Waals surface area contributed by atoms with Crippen LogP contribution >= 0.6 is 0 Å². The molecule has 0 unspecified atom stereocenters. The van der Waals surface area contributed by atoms with Crippen molar-refractivity contribution >= 4 is 12.1 Å². The Hall–Kier alpha value is -1.75. The van der Waals surface area contributed by atoms with E-state index >= 15 is 0 Å². The highest BCUT2D eigenvalue weighted by Gasteiger charge is 1.95. The lowest BCUT2D eigenvalue weighted by atomic mass is 10.2. The highest BCUT2D eigenvalue weighted by atomic mass is 16.5. The molecule has 0 heterocycles. The summed E-state index contributed by atoms with van der Waals surface area (Å²) in [6.45, 7) is 3.34. The van der Waals surface area contributed by atoms with Crippen molar-refractivity contribution < 1.29 is 9.53 Å². The summed E-state index contributed by atoms with van der Waals surface area (Å²) in [4.78, 5) is 9.53. The molecule has 1 aromatic rings. The Labute approximate surface area is 102 Å². The van der Waals surface area contributed by atoms with Gasteiger partial charge in [-0.1, -0.05) is 6.07 Å². The topological polar surface area (TPSA) is 90.4 Å². The summed E-state index contributed by atoms with van der Waals surface area (Å²) in [5, 5.41) is 2.49. The van der Waals surface area contributed by atoms with E-state index in [9.17, 15) is 4.79 Å². The van der Waals surface area contributed by atoms with E-state index in [1.807, 2.05) is 25.1 Å². The molecule has 0 aromatic heterocycles. The molecule has 0 saturated heterocycles. The number of benzene rings is 1. The maximum absolute atomic E-state index is 9.53. The van der Waals surface area contributed by atoms with Gasteiger partial charge in [0.15, 0.2) is 0 Å². The van der Waals surface area contributed by atoms with Crippen LogP contribution in [0.4, 0.5) is 5.69 Å². The fourth-order valence-corrected chi connectivity index (χ4v) is 1.08. The van der Waals surface area contributed by atoms with Gasteiger partial charge in [0.1, 0.15) is 5.75 Å². The zero-order valence-electron chi connectivity index (χ0n) is 10.4. The Balaban J connectivity index is 0.000000325. The number of carbonyl (C=O) groups excluding carboxylic acids is 1. The van der Waals surface area contributed by atoms with Crippen LogP contribution in [0.2, 0.25) is 0 Å². The number of hydrogen-bond acceptors (Lipinski definition) is 4. The number of amides is 1. The first-order chi connectivity index (χ1) is 8.15.